The molecule has 1 unspecified atom stereocenters. The summed E-state index contributed by atoms with van der Waals surface area (Å²) in [5.41, 5.74) is 8.84. The number of pyridine rings is 1. The highest BCUT2D eigenvalue weighted by molar-refractivity contribution is 5.50. The Morgan fingerprint density at radius 3 is 3.25 bits per heavy atom. The van der Waals surface area contributed by atoms with Crippen LogP contribution in [0.25, 0.3) is 0 Å². The van der Waals surface area contributed by atoms with Crippen molar-refractivity contribution in [2.24, 2.45) is 0 Å². The summed E-state index contributed by atoms with van der Waals surface area (Å²) >= 11 is 0. The molecular weight excluding hydrogens is 152 g/mol. The molecule has 1 aromatic rings. The summed E-state index contributed by atoms with van der Waals surface area (Å²) in [6.07, 6.45) is 3.90. The number of fused-ring (bicyclic) bond motifs is 1. The minimum atomic E-state index is 0.156. The van der Waals surface area contributed by atoms with Crippen molar-refractivity contribution in [3.63, 3.8) is 0 Å². The summed E-state index contributed by atoms with van der Waals surface area (Å²) in [6, 6.07) is 1.84. The summed E-state index contributed by atoms with van der Waals surface area (Å²) in [5, 5.41) is 0. The normalized spacial score (nSPS) is 20.9. The summed E-state index contributed by atoms with van der Waals surface area (Å²) < 4.78 is 5.27. The Morgan fingerprint density at radius 2 is 2.50 bits per heavy atom. The molecule has 1 aliphatic rings. The molecule has 0 amide bonds. The van der Waals surface area contributed by atoms with E-state index in [0.717, 1.165) is 24.2 Å². The Bertz CT molecular complexity index is 299. The smallest absolute Gasteiger partial charge is 0.0997 e. The zero-order valence-electron chi connectivity index (χ0n) is 7.08. The summed E-state index contributed by atoms with van der Waals surface area (Å²) in [5.74, 6) is 0. The van der Waals surface area contributed by atoms with Gasteiger partial charge in [-0.05, 0) is 24.5 Å². The highest BCUT2D eigenvalue weighted by Crippen LogP contribution is 2.34. The zero-order valence-corrected chi connectivity index (χ0v) is 7.08. The van der Waals surface area contributed by atoms with E-state index >= 15 is 0 Å². The second-order valence-electron chi connectivity index (χ2n) is 3.03. The van der Waals surface area contributed by atoms with E-state index in [1.165, 1.54) is 5.56 Å². The first-order valence-electron chi connectivity index (χ1n) is 4.09. The molecule has 2 rings (SSSR count). The molecule has 1 aromatic heterocycles. The van der Waals surface area contributed by atoms with Gasteiger partial charge in [-0.3, -0.25) is 4.98 Å². The zero-order chi connectivity index (χ0) is 8.55. The molecule has 12 heavy (non-hydrogen) atoms. The number of aromatic nitrogens is 1. The number of nitrogens with two attached hydrogens (primary N) is 1. The molecule has 1 aliphatic carbocycles. The highest BCUT2D eigenvalue weighted by atomic mass is 16.5. The monoisotopic (exact) mass is 164 g/mol. The summed E-state index contributed by atoms with van der Waals surface area (Å²) in [4.78, 5) is 4.27. The minimum Gasteiger partial charge on any atom is -0.398 e. The number of nitrogens with zero attached hydrogens (tertiary/aromatic N) is 1. The van der Waals surface area contributed by atoms with E-state index in [0.29, 0.717) is 0 Å². The van der Waals surface area contributed by atoms with Crippen molar-refractivity contribution in [1.82, 2.24) is 4.98 Å². The number of ether oxygens (including phenoxy) is 1. The molecule has 3 heteroatoms. The Balaban J connectivity index is 2.46. The maximum absolute atomic E-state index is 5.79. The third kappa shape index (κ3) is 0.975. The molecule has 0 saturated carbocycles. The van der Waals surface area contributed by atoms with Crippen LogP contribution in [-0.4, -0.2) is 12.1 Å². The third-order valence-electron chi connectivity index (χ3n) is 2.37. The lowest BCUT2D eigenvalue weighted by atomic mass is 10.2. The van der Waals surface area contributed by atoms with Crippen LogP contribution in [-0.2, 0) is 11.2 Å². The molecule has 0 bridgehead atoms. The Hall–Kier alpha value is -1.09. The lowest BCUT2D eigenvalue weighted by Crippen LogP contribution is -2.00. The van der Waals surface area contributed by atoms with Crippen molar-refractivity contribution in [3.8, 4) is 0 Å². The van der Waals surface area contributed by atoms with Crippen molar-refractivity contribution in [1.29, 1.82) is 0 Å². The molecular formula is C9H12N2O. The lowest BCUT2D eigenvalue weighted by Gasteiger charge is -2.07. The van der Waals surface area contributed by atoms with Crippen LogP contribution in [0.3, 0.4) is 0 Å². The van der Waals surface area contributed by atoms with Gasteiger partial charge in [0.05, 0.1) is 11.8 Å². The fourth-order valence-corrected chi connectivity index (χ4v) is 1.72. The van der Waals surface area contributed by atoms with Crippen LogP contribution in [0.4, 0.5) is 5.69 Å². The van der Waals surface area contributed by atoms with E-state index in [-0.39, 0.29) is 6.10 Å². The first kappa shape index (κ1) is 7.55. The van der Waals surface area contributed by atoms with Crippen molar-refractivity contribution >= 4 is 5.69 Å². The predicted octanol–water partition coefficient (Wildman–Crippen LogP) is 1.30. The first-order valence-corrected chi connectivity index (χ1v) is 4.09. The fourth-order valence-electron chi connectivity index (χ4n) is 1.72. The molecule has 0 spiro atoms. The van der Waals surface area contributed by atoms with Crippen LogP contribution in [0.2, 0.25) is 0 Å². The Kier molecular flexibility index (Phi) is 1.73. The van der Waals surface area contributed by atoms with Gasteiger partial charge in [-0.15, -0.1) is 0 Å². The Morgan fingerprint density at radius 1 is 1.67 bits per heavy atom. The van der Waals surface area contributed by atoms with E-state index in [2.05, 4.69) is 4.98 Å². The van der Waals surface area contributed by atoms with Crippen molar-refractivity contribution in [3.05, 3.63) is 23.5 Å². The number of hydrogen-bond donors (Lipinski definition) is 1. The topological polar surface area (TPSA) is 48.1 Å². The van der Waals surface area contributed by atoms with Gasteiger partial charge in [-0.2, -0.15) is 0 Å². The predicted molar refractivity (Wildman–Crippen MR) is 46.7 cm³/mol. The molecule has 1 atom stereocenters. The van der Waals surface area contributed by atoms with Gasteiger partial charge in [-0.25, -0.2) is 0 Å². The first-order chi connectivity index (χ1) is 5.83. The number of methoxy groups -OCH3 is 1. The average molecular weight is 164 g/mol. The van der Waals surface area contributed by atoms with E-state index < -0.39 is 0 Å². The van der Waals surface area contributed by atoms with Crippen molar-refractivity contribution in [2.45, 2.75) is 18.9 Å². The molecule has 0 aliphatic heterocycles. The van der Waals surface area contributed by atoms with E-state index in [1.54, 1.807) is 13.3 Å². The fraction of sp³-hybridized carbons (Fsp3) is 0.444. The Labute approximate surface area is 71.6 Å². The van der Waals surface area contributed by atoms with E-state index in [4.69, 9.17) is 10.5 Å². The van der Waals surface area contributed by atoms with Gasteiger partial charge in [-0.1, -0.05) is 0 Å². The van der Waals surface area contributed by atoms with Crippen molar-refractivity contribution < 1.29 is 4.74 Å². The van der Waals surface area contributed by atoms with Crippen LogP contribution >= 0.6 is 0 Å². The van der Waals surface area contributed by atoms with Gasteiger partial charge >= 0.3 is 0 Å². The molecule has 3 nitrogen and oxygen atoms in total. The second kappa shape index (κ2) is 2.75. The summed E-state index contributed by atoms with van der Waals surface area (Å²) in [6.45, 7) is 0. The highest BCUT2D eigenvalue weighted by Gasteiger charge is 2.24. The molecule has 0 aromatic carbocycles. The van der Waals surface area contributed by atoms with Gasteiger partial charge in [0.25, 0.3) is 0 Å². The summed E-state index contributed by atoms with van der Waals surface area (Å²) in [7, 11) is 1.71. The molecule has 0 fully saturated rings. The van der Waals surface area contributed by atoms with E-state index in [1.807, 2.05) is 6.07 Å². The number of anilines is 1. The van der Waals surface area contributed by atoms with Crippen LogP contribution in [0.15, 0.2) is 12.3 Å². The number of rotatable bonds is 1. The standard InChI is InChI=1S/C9H12N2O/c1-12-8-3-2-6-7(10)4-5-11-9(6)8/h4-5,8H,2-3H2,1H3,(H2,10,11). The van der Waals surface area contributed by atoms with Crippen LogP contribution < -0.4 is 5.73 Å². The molecule has 1 heterocycles. The average Bonchev–Trinajstić information content (AvgIpc) is 2.49. The maximum atomic E-state index is 5.79. The number of nitrogen functional groups attached to an aromatic ring is 1. The molecule has 0 radical (unpaired) electrons. The van der Waals surface area contributed by atoms with E-state index in [9.17, 15) is 0 Å². The lowest BCUT2D eigenvalue weighted by molar-refractivity contribution is 0.102. The second-order valence-corrected chi connectivity index (χ2v) is 3.03. The molecule has 2 N–H and O–H groups in total. The van der Waals surface area contributed by atoms with Gasteiger partial charge in [0.1, 0.15) is 0 Å². The van der Waals surface area contributed by atoms with Gasteiger partial charge in [0, 0.05) is 19.0 Å². The minimum absolute atomic E-state index is 0.156. The molecule has 64 valence electrons. The largest absolute Gasteiger partial charge is 0.398 e. The van der Waals surface area contributed by atoms with Crippen molar-refractivity contribution in [2.75, 3.05) is 12.8 Å². The van der Waals surface area contributed by atoms with Gasteiger partial charge < -0.3 is 10.5 Å². The molecule has 0 saturated heterocycles. The third-order valence-corrected chi connectivity index (χ3v) is 2.37. The van der Waals surface area contributed by atoms with Crippen LogP contribution in [0.5, 0.6) is 0 Å². The van der Waals surface area contributed by atoms with Crippen LogP contribution in [0.1, 0.15) is 23.8 Å². The SMILES string of the molecule is COC1CCc2c(N)ccnc21. The quantitative estimate of drug-likeness (QED) is 0.680. The maximum Gasteiger partial charge on any atom is 0.0997 e. The number of hydrogen-bond acceptors (Lipinski definition) is 3. The van der Waals surface area contributed by atoms with Crippen LogP contribution in [0, 0.1) is 0 Å². The van der Waals surface area contributed by atoms with Gasteiger partial charge in [0.2, 0.25) is 0 Å². The van der Waals surface area contributed by atoms with Gasteiger partial charge in [0.15, 0.2) is 0 Å².